The molecular weight excluding hydrogens is 266 g/mol. The van der Waals surface area contributed by atoms with Crippen molar-refractivity contribution in [1.29, 1.82) is 0 Å². The average molecular weight is 287 g/mol. The molecule has 6 nitrogen and oxygen atoms in total. The van der Waals surface area contributed by atoms with Gasteiger partial charge in [0.05, 0.1) is 5.39 Å². The Morgan fingerprint density at radius 1 is 1.33 bits per heavy atom. The topological polar surface area (TPSA) is 54.3 Å². The molecule has 0 aliphatic carbocycles. The number of rotatable bonds is 2. The molecule has 0 radical (unpaired) electrons. The number of piperidine rings is 1. The van der Waals surface area contributed by atoms with Gasteiger partial charge in [-0.3, -0.25) is 4.79 Å². The lowest BCUT2D eigenvalue weighted by molar-refractivity contribution is -0.129. The van der Waals surface area contributed by atoms with Gasteiger partial charge < -0.3 is 14.4 Å². The molecule has 1 saturated heterocycles. The molecule has 3 rings (SSSR count). The van der Waals surface area contributed by atoms with E-state index in [0.29, 0.717) is 6.04 Å². The highest BCUT2D eigenvalue weighted by Crippen LogP contribution is 2.26. The number of hydrogen-bond acceptors (Lipinski definition) is 4. The molecule has 0 spiro atoms. The van der Waals surface area contributed by atoms with Gasteiger partial charge in [-0.15, -0.1) is 0 Å². The lowest BCUT2D eigenvalue weighted by Crippen LogP contribution is -2.45. The minimum Gasteiger partial charge on any atom is -0.356 e. The third-order valence-electron chi connectivity index (χ3n) is 4.45. The SMILES string of the molecule is CC(=O)N(C)C1CCN(c2ncnc3c2ccn3C)CC1. The van der Waals surface area contributed by atoms with Gasteiger partial charge in [-0.2, -0.15) is 0 Å². The first-order chi connectivity index (χ1) is 10.1. The van der Waals surface area contributed by atoms with Crippen LogP contribution in [0.5, 0.6) is 0 Å². The highest BCUT2D eigenvalue weighted by Gasteiger charge is 2.25. The molecule has 6 heteroatoms. The van der Waals surface area contributed by atoms with Gasteiger partial charge in [0.15, 0.2) is 0 Å². The zero-order valence-corrected chi connectivity index (χ0v) is 12.8. The molecule has 0 unspecified atom stereocenters. The second-order valence-electron chi connectivity index (χ2n) is 5.71. The Kier molecular flexibility index (Phi) is 3.53. The fourth-order valence-electron chi connectivity index (χ4n) is 3.04. The van der Waals surface area contributed by atoms with Crippen LogP contribution in [0.4, 0.5) is 5.82 Å². The van der Waals surface area contributed by atoms with Crippen molar-refractivity contribution in [1.82, 2.24) is 19.4 Å². The van der Waals surface area contributed by atoms with Crippen molar-refractivity contribution in [2.24, 2.45) is 7.05 Å². The maximum atomic E-state index is 11.5. The molecule has 2 aromatic rings. The Morgan fingerprint density at radius 2 is 2.05 bits per heavy atom. The number of aryl methyl sites for hydroxylation is 1. The number of hydrogen-bond donors (Lipinski definition) is 0. The average Bonchev–Trinajstić information content (AvgIpc) is 2.88. The normalized spacial score (nSPS) is 16.4. The Balaban J connectivity index is 1.78. The van der Waals surface area contributed by atoms with Gasteiger partial charge in [-0.05, 0) is 18.9 Å². The number of anilines is 1. The minimum absolute atomic E-state index is 0.140. The minimum atomic E-state index is 0.140. The highest BCUT2D eigenvalue weighted by atomic mass is 16.2. The van der Waals surface area contributed by atoms with Crippen LogP contribution in [0.1, 0.15) is 19.8 Å². The summed E-state index contributed by atoms with van der Waals surface area (Å²) < 4.78 is 2.01. The summed E-state index contributed by atoms with van der Waals surface area (Å²) in [6, 6.07) is 2.41. The van der Waals surface area contributed by atoms with Crippen molar-refractivity contribution < 1.29 is 4.79 Å². The molecule has 2 aromatic heterocycles. The molecule has 1 fully saturated rings. The molecule has 112 valence electrons. The van der Waals surface area contributed by atoms with E-state index < -0.39 is 0 Å². The van der Waals surface area contributed by atoms with Crippen molar-refractivity contribution in [2.45, 2.75) is 25.8 Å². The van der Waals surface area contributed by atoms with Crippen molar-refractivity contribution in [3.63, 3.8) is 0 Å². The maximum Gasteiger partial charge on any atom is 0.219 e. The predicted molar refractivity (Wildman–Crippen MR) is 82.2 cm³/mol. The fraction of sp³-hybridized carbons (Fsp3) is 0.533. The van der Waals surface area contributed by atoms with E-state index in [0.717, 1.165) is 42.8 Å². The van der Waals surface area contributed by atoms with Crippen LogP contribution in [0.15, 0.2) is 18.6 Å². The third kappa shape index (κ3) is 2.46. The summed E-state index contributed by atoms with van der Waals surface area (Å²) in [5.41, 5.74) is 0.961. The summed E-state index contributed by atoms with van der Waals surface area (Å²) in [6.07, 6.45) is 5.60. The zero-order chi connectivity index (χ0) is 15.0. The highest BCUT2D eigenvalue weighted by molar-refractivity contribution is 5.87. The quantitative estimate of drug-likeness (QED) is 0.838. The number of carbonyl (C=O) groups excluding carboxylic acids is 1. The summed E-state index contributed by atoms with van der Waals surface area (Å²) in [5.74, 6) is 1.14. The standard InChI is InChI=1S/C15H21N5O/c1-11(21)19(3)12-4-8-20(9-5-12)15-13-6-7-18(2)14(13)16-10-17-15/h6-7,10,12H,4-5,8-9H2,1-3H3. The van der Waals surface area contributed by atoms with Gasteiger partial charge in [0.1, 0.15) is 17.8 Å². The molecule has 0 saturated carbocycles. The zero-order valence-electron chi connectivity index (χ0n) is 12.8. The maximum absolute atomic E-state index is 11.5. The molecule has 1 aliphatic rings. The number of amides is 1. The molecule has 3 heterocycles. The first-order valence-corrected chi connectivity index (χ1v) is 7.32. The van der Waals surface area contributed by atoms with Crippen LogP contribution in [0, 0.1) is 0 Å². The lowest BCUT2D eigenvalue weighted by atomic mass is 10.0. The van der Waals surface area contributed by atoms with Crippen molar-refractivity contribution in [2.75, 3.05) is 25.0 Å². The van der Waals surface area contributed by atoms with E-state index in [1.165, 1.54) is 0 Å². The molecule has 1 amide bonds. The first-order valence-electron chi connectivity index (χ1n) is 7.32. The van der Waals surface area contributed by atoms with E-state index in [1.54, 1.807) is 13.3 Å². The lowest BCUT2D eigenvalue weighted by Gasteiger charge is -2.37. The summed E-state index contributed by atoms with van der Waals surface area (Å²) >= 11 is 0. The van der Waals surface area contributed by atoms with Crippen LogP contribution in [0.3, 0.4) is 0 Å². The molecule has 1 aliphatic heterocycles. The van der Waals surface area contributed by atoms with Crippen LogP contribution in [0.25, 0.3) is 11.0 Å². The van der Waals surface area contributed by atoms with E-state index in [4.69, 9.17) is 0 Å². The third-order valence-corrected chi connectivity index (χ3v) is 4.45. The van der Waals surface area contributed by atoms with Gasteiger partial charge in [0, 0.05) is 46.3 Å². The summed E-state index contributed by atoms with van der Waals surface area (Å²) in [5, 5.41) is 1.10. The van der Waals surface area contributed by atoms with Gasteiger partial charge in [0.25, 0.3) is 0 Å². The number of nitrogens with zero attached hydrogens (tertiary/aromatic N) is 5. The Morgan fingerprint density at radius 3 is 2.71 bits per heavy atom. The molecule has 0 atom stereocenters. The molecular formula is C15H21N5O. The van der Waals surface area contributed by atoms with E-state index in [1.807, 2.05) is 29.8 Å². The predicted octanol–water partition coefficient (Wildman–Crippen LogP) is 1.42. The summed E-state index contributed by atoms with van der Waals surface area (Å²) in [4.78, 5) is 24.4. The Hall–Kier alpha value is -2.11. The fourth-order valence-corrected chi connectivity index (χ4v) is 3.04. The van der Waals surface area contributed by atoms with Crippen LogP contribution in [-0.2, 0) is 11.8 Å². The Bertz CT molecular complexity index is 657. The van der Waals surface area contributed by atoms with Gasteiger partial charge in [-0.1, -0.05) is 0 Å². The number of fused-ring (bicyclic) bond motifs is 1. The largest absolute Gasteiger partial charge is 0.356 e. The van der Waals surface area contributed by atoms with Crippen LogP contribution < -0.4 is 4.90 Å². The Labute approximate surface area is 124 Å². The van der Waals surface area contributed by atoms with Crippen molar-refractivity contribution in [3.8, 4) is 0 Å². The molecule has 21 heavy (non-hydrogen) atoms. The van der Waals surface area contributed by atoms with E-state index >= 15 is 0 Å². The molecule has 0 aromatic carbocycles. The summed E-state index contributed by atoms with van der Waals surface area (Å²) in [6.45, 7) is 3.47. The first kappa shape index (κ1) is 13.9. The van der Waals surface area contributed by atoms with Crippen molar-refractivity contribution in [3.05, 3.63) is 18.6 Å². The second kappa shape index (κ2) is 5.35. The number of carbonyl (C=O) groups is 1. The van der Waals surface area contributed by atoms with Crippen molar-refractivity contribution >= 4 is 22.8 Å². The van der Waals surface area contributed by atoms with E-state index in [9.17, 15) is 4.79 Å². The van der Waals surface area contributed by atoms with Crippen LogP contribution in [-0.4, -0.2) is 51.5 Å². The van der Waals surface area contributed by atoms with Gasteiger partial charge in [-0.25, -0.2) is 9.97 Å². The number of aromatic nitrogens is 3. The van der Waals surface area contributed by atoms with Gasteiger partial charge in [0.2, 0.25) is 5.91 Å². The second-order valence-corrected chi connectivity index (χ2v) is 5.71. The monoisotopic (exact) mass is 287 g/mol. The summed E-state index contributed by atoms with van der Waals surface area (Å²) in [7, 11) is 3.88. The van der Waals surface area contributed by atoms with Crippen LogP contribution >= 0.6 is 0 Å². The smallest absolute Gasteiger partial charge is 0.219 e. The molecule has 0 bridgehead atoms. The van der Waals surface area contributed by atoms with E-state index in [-0.39, 0.29) is 5.91 Å². The van der Waals surface area contributed by atoms with Gasteiger partial charge >= 0.3 is 0 Å². The van der Waals surface area contributed by atoms with E-state index in [2.05, 4.69) is 20.9 Å². The van der Waals surface area contributed by atoms with Crippen LogP contribution in [0.2, 0.25) is 0 Å². The molecule has 0 N–H and O–H groups in total.